The maximum atomic E-state index is 6.32. The van der Waals surface area contributed by atoms with Gasteiger partial charge in [0, 0.05) is 25.7 Å². The van der Waals surface area contributed by atoms with Gasteiger partial charge in [-0.1, -0.05) is 59.7 Å². The molecule has 22 heavy (non-hydrogen) atoms. The molecule has 2 aromatic rings. The summed E-state index contributed by atoms with van der Waals surface area (Å²) in [4.78, 5) is 2.51. The van der Waals surface area contributed by atoms with Crippen LogP contribution in [0.3, 0.4) is 0 Å². The first-order chi connectivity index (χ1) is 10.6. The Balaban J connectivity index is 1.72. The number of aryl methyl sites for hydroxylation is 2. The first-order valence-corrected chi connectivity index (χ1v) is 8.20. The van der Waals surface area contributed by atoms with E-state index in [2.05, 4.69) is 67.3 Å². The number of rotatable bonds is 3. The van der Waals surface area contributed by atoms with Gasteiger partial charge in [-0.25, -0.2) is 0 Å². The van der Waals surface area contributed by atoms with Crippen LogP contribution in [0.2, 0.25) is 0 Å². The zero-order chi connectivity index (χ0) is 15.5. The molecule has 2 N–H and O–H groups in total. The normalized spacial score (nSPS) is 22.7. The first kappa shape index (κ1) is 15.3. The summed E-state index contributed by atoms with van der Waals surface area (Å²) in [5.41, 5.74) is 11.8. The molecular weight excluding hydrogens is 268 g/mol. The minimum absolute atomic E-state index is 0.268. The van der Waals surface area contributed by atoms with Gasteiger partial charge in [-0.15, -0.1) is 0 Å². The molecule has 2 aromatic carbocycles. The SMILES string of the molecule is Cc1ccc(C2CC(N)CN(Cc3cccc(C)c3)C2)cc1. The zero-order valence-corrected chi connectivity index (χ0v) is 13.6. The smallest absolute Gasteiger partial charge is 0.0234 e. The summed E-state index contributed by atoms with van der Waals surface area (Å²) in [6.07, 6.45) is 1.09. The van der Waals surface area contributed by atoms with Crippen LogP contribution in [0, 0.1) is 13.8 Å². The van der Waals surface area contributed by atoms with E-state index in [4.69, 9.17) is 5.73 Å². The monoisotopic (exact) mass is 294 g/mol. The zero-order valence-electron chi connectivity index (χ0n) is 13.6. The Morgan fingerprint density at radius 2 is 1.77 bits per heavy atom. The Morgan fingerprint density at radius 3 is 2.50 bits per heavy atom. The van der Waals surface area contributed by atoms with Gasteiger partial charge in [0.05, 0.1) is 0 Å². The number of nitrogens with two attached hydrogens (primary N) is 1. The van der Waals surface area contributed by atoms with Crippen molar-refractivity contribution < 1.29 is 0 Å². The number of hydrogen-bond acceptors (Lipinski definition) is 2. The molecule has 1 heterocycles. The van der Waals surface area contributed by atoms with Crippen LogP contribution in [-0.2, 0) is 6.54 Å². The maximum absolute atomic E-state index is 6.32. The quantitative estimate of drug-likeness (QED) is 0.937. The van der Waals surface area contributed by atoms with Gasteiger partial charge < -0.3 is 5.73 Å². The minimum Gasteiger partial charge on any atom is -0.327 e. The molecule has 2 nitrogen and oxygen atoms in total. The fourth-order valence-electron chi connectivity index (χ4n) is 3.51. The maximum Gasteiger partial charge on any atom is 0.0234 e. The van der Waals surface area contributed by atoms with E-state index in [0.717, 1.165) is 26.1 Å². The predicted octanol–water partition coefficient (Wildman–Crippen LogP) is 3.62. The molecule has 0 aliphatic carbocycles. The third-order valence-corrected chi connectivity index (χ3v) is 4.60. The van der Waals surface area contributed by atoms with Gasteiger partial charge in [0.15, 0.2) is 0 Å². The Labute approximate surface area is 134 Å². The molecule has 116 valence electrons. The largest absolute Gasteiger partial charge is 0.327 e. The van der Waals surface area contributed by atoms with Gasteiger partial charge in [0.25, 0.3) is 0 Å². The van der Waals surface area contributed by atoms with Crippen molar-refractivity contribution in [3.05, 3.63) is 70.8 Å². The van der Waals surface area contributed by atoms with Crippen molar-refractivity contribution in [3.8, 4) is 0 Å². The highest BCUT2D eigenvalue weighted by molar-refractivity contribution is 5.26. The summed E-state index contributed by atoms with van der Waals surface area (Å²) in [5, 5.41) is 0. The summed E-state index contributed by atoms with van der Waals surface area (Å²) >= 11 is 0. The minimum atomic E-state index is 0.268. The van der Waals surface area contributed by atoms with Crippen LogP contribution in [0.15, 0.2) is 48.5 Å². The molecule has 2 atom stereocenters. The van der Waals surface area contributed by atoms with E-state index in [1.54, 1.807) is 0 Å². The summed E-state index contributed by atoms with van der Waals surface area (Å²) in [7, 11) is 0. The lowest BCUT2D eigenvalue weighted by Crippen LogP contribution is -2.45. The summed E-state index contributed by atoms with van der Waals surface area (Å²) in [5.74, 6) is 0.550. The highest BCUT2D eigenvalue weighted by atomic mass is 15.1. The van der Waals surface area contributed by atoms with Crippen molar-refractivity contribution in [1.29, 1.82) is 0 Å². The van der Waals surface area contributed by atoms with Crippen LogP contribution in [0.4, 0.5) is 0 Å². The molecule has 0 aromatic heterocycles. The van der Waals surface area contributed by atoms with E-state index in [9.17, 15) is 0 Å². The van der Waals surface area contributed by atoms with Crippen molar-refractivity contribution >= 4 is 0 Å². The lowest BCUT2D eigenvalue weighted by Gasteiger charge is -2.36. The second-order valence-corrected chi connectivity index (χ2v) is 6.79. The summed E-state index contributed by atoms with van der Waals surface area (Å²) in [6.45, 7) is 7.39. The molecule has 0 saturated carbocycles. The van der Waals surface area contributed by atoms with Gasteiger partial charge in [0.1, 0.15) is 0 Å². The van der Waals surface area contributed by atoms with Gasteiger partial charge >= 0.3 is 0 Å². The highest BCUT2D eigenvalue weighted by Crippen LogP contribution is 2.27. The fourth-order valence-corrected chi connectivity index (χ4v) is 3.51. The summed E-state index contributed by atoms with van der Waals surface area (Å²) in [6, 6.07) is 18.0. The number of likely N-dealkylation sites (tertiary alicyclic amines) is 1. The molecule has 0 amide bonds. The van der Waals surface area contributed by atoms with Gasteiger partial charge in [-0.3, -0.25) is 4.90 Å². The molecule has 1 fully saturated rings. The topological polar surface area (TPSA) is 29.3 Å². The second kappa shape index (κ2) is 6.64. The van der Waals surface area contributed by atoms with E-state index in [1.807, 2.05) is 0 Å². The second-order valence-electron chi connectivity index (χ2n) is 6.79. The number of nitrogens with zero attached hydrogens (tertiary/aromatic N) is 1. The van der Waals surface area contributed by atoms with E-state index < -0.39 is 0 Å². The third-order valence-electron chi connectivity index (χ3n) is 4.60. The van der Waals surface area contributed by atoms with Crippen molar-refractivity contribution in [3.63, 3.8) is 0 Å². The van der Waals surface area contributed by atoms with Crippen molar-refractivity contribution in [2.45, 2.75) is 38.8 Å². The Kier molecular flexibility index (Phi) is 4.60. The van der Waals surface area contributed by atoms with Crippen LogP contribution >= 0.6 is 0 Å². The Morgan fingerprint density at radius 1 is 1.00 bits per heavy atom. The molecule has 2 heteroatoms. The predicted molar refractivity (Wildman–Crippen MR) is 93.0 cm³/mol. The van der Waals surface area contributed by atoms with Crippen LogP contribution in [-0.4, -0.2) is 24.0 Å². The molecule has 0 bridgehead atoms. The molecule has 1 saturated heterocycles. The van der Waals surface area contributed by atoms with Crippen molar-refractivity contribution in [2.75, 3.05) is 13.1 Å². The number of piperidine rings is 1. The fraction of sp³-hybridized carbons (Fsp3) is 0.400. The van der Waals surface area contributed by atoms with E-state index in [1.165, 1.54) is 22.3 Å². The average Bonchev–Trinajstić information content (AvgIpc) is 2.47. The number of hydrogen-bond donors (Lipinski definition) is 1. The first-order valence-electron chi connectivity index (χ1n) is 8.20. The standard InChI is InChI=1S/C20H26N2/c1-15-6-8-18(9-7-15)19-11-20(21)14-22(13-19)12-17-5-3-4-16(2)10-17/h3-10,19-20H,11-14,21H2,1-2H3. The van der Waals surface area contributed by atoms with Gasteiger partial charge in [-0.2, -0.15) is 0 Å². The molecule has 0 spiro atoms. The average molecular weight is 294 g/mol. The Hall–Kier alpha value is -1.64. The number of benzene rings is 2. The van der Waals surface area contributed by atoms with Crippen LogP contribution in [0.25, 0.3) is 0 Å². The van der Waals surface area contributed by atoms with E-state index in [0.29, 0.717) is 5.92 Å². The van der Waals surface area contributed by atoms with Crippen LogP contribution < -0.4 is 5.73 Å². The summed E-state index contributed by atoms with van der Waals surface area (Å²) < 4.78 is 0. The van der Waals surface area contributed by atoms with Gasteiger partial charge in [0.2, 0.25) is 0 Å². The lowest BCUT2D eigenvalue weighted by molar-refractivity contribution is 0.181. The lowest BCUT2D eigenvalue weighted by atomic mass is 9.88. The highest BCUT2D eigenvalue weighted by Gasteiger charge is 2.26. The third kappa shape index (κ3) is 3.76. The molecule has 0 radical (unpaired) electrons. The Bertz CT molecular complexity index is 618. The molecule has 3 rings (SSSR count). The van der Waals surface area contributed by atoms with E-state index in [-0.39, 0.29) is 6.04 Å². The van der Waals surface area contributed by atoms with E-state index >= 15 is 0 Å². The molecular formula is C20H26N2. The van der Waals surface area contributed by atoms with Gasteiger partial charge in [-0.05, 0) is 37.3 Å². The molecule has 1 aliphatic heterocycles. The molecule has 1 aliphatic rings. The van der Waals surface area contributed by atoms with Crippen LogP contribution in [0.1, 0.15) is 34.6 Å². The van der Waals surface area contributed by atoms with Crippen molar-refractivity contribution in [2.24, 2.45) is 5.73 Å². The van der Waals surface area contributed by atoms with Crippen molar-refractivity contribution in [1.82, 2.24) is 4.90 Å². The molecule has 2 unspecified atom stereocenters. The van der Waals surface area contributed by atoms with Crippen LogP contribution in [0.5, 0.6) is 0 Å².